The van der Waals surface area contributed by atoms with Crippen molar-refractivity contribution in [1.82, 2.24) is 19.9 Å². The number of aromatic amines is 2. The first-order chi connectivity index (χ1) is 23.0. The number of halogens is 1. The first kappa shape index (κ1) is 28.4. The molecule has 0 saturated carbocycles. The molecule has 6 aromatic rings. The summed E-state index contributed by atoms with van der Waals surface area (Å²) in [5.74, 6) is 0.916. The van der Waals surface area contributed by atoms with Crippen LogP contribution in [-0.2, 0) is 0 Å². The summed E-state index contributed by atoms with van der Waals surface area (Å²) in [6.07, 6.45) is 7.93. The van der Waals surface area contributed by atoms with Crippen molar-refractivity contribution in [2.75, 3.05) is 0 Å². The van der Waals surface area contributed by atoms with Crippen molar-refractivity contribution in [3.8, 4) is 33.8 Å². The molecule has 0 unspecified atom stereocenters. The quantitative estimate of drug-likeness (QED) is 0.139. The molecule has 5 heterocycles. The number of nitrogens with one attached hydrogen (secondary N) is 2. The maximum atomic E-state index is 11.3. The van der Waals surface area contributed by atoms with Crippen molar-refractivity contribution < 1.29 is 9.66 Å². The van der Waals surface area contributed by atoms with E-state index in [4.69, 9.17) is 14.7 Å². The minimum atomic E-state index is -0.432. The SMILES string of the molecule is O=[N+]([O-])c1ccc(Oc2c3nc(c(-c4ccccc4)c4ccc([nH]4)c(Br)c4nc(c(-c5ccccc5)c5ccc2[nH]5)C=C4)C=C3)cc1. The number of rotatable bonds is 5. The molecule has 0 atom stereocenters. The van der Waals surface area contributed by atoms with Crippen LogP contribution >= 0.6 is 15.9 Å². The van der Waals surface area contributed by atoms with Crippen LogP contribution < -0.4 is 4.74 Å². The molecular formula is C38H24BrN5O3. The van der Waals surface area contributed by atoms with Crippen LogP contribution in [0.5, 0.6) is 11.5 Å². The van der Waals surface area contributed by atoms with Gasteiger partial charge >= 0.3 is 0 Å². The highest BCUT2D eigenvalue weighted by atomic mass is 79.9. The van der Waals surface area contributed by atoms with Gasteiger partial charge in [-0.1, -0.05) is 60.7 Å². The topological polar surface area (TPSA) is 110 Å². The Morgan fingerprint density at radius 3 is 1.66 bits per heavy atom. The van der Waals surface area contributed by atoms with Gasteiger partial charge in [0.15, 0.2) is 5.75 Å². The second-order valence-corrected chi connectivity index (χ2v) is 11.8. The van der Waals surface area contributed by atoms with Gasteiger partial charge in [-0.2, -0.15) is 0 Å². The molecule has 8 nitrogen and oxygen atoms in total. The van der Waals surface area contributed by atoms with Gasteiger partial charge in [-0.25, -0.2) is 9.97 Å². The van der Waals surface area contributed by atoms with Crippen LogP contribution in [0.1, 0.15) is 22.8 Å². The predicted molar refractivity (Wildman–Crippen MR) is 191 cm³/mol. The molecule has 47 heavy (non-hydrogen) atoms. The van der Waals surface area contributed by atoms with Gasteiger partial charge in [-0.15, -0.1) is 0 Å². The van der Waals surface area contributed by atoms with Crippen LogP contribution in [0.2, 0.25) is 0 Å². The van der Waals surface area contributed by atoms with Gasteiger partial charge in [0.2, 0.25) is 0 Å². The first-order valence-corrected chi connectivity index (χ1v) is 15.7. The maximum absolute atomic E-state index is 11.3. The molecule has 0 spiro atoms. The van der Waals surface area contributed by atoms with Crippen molar-refractivity contribution in [2.45, 2.75) is 0 Å². The van der Waals surface area contributed by atoms with Crippen LogP contribution in [0.25, 0.3) is 68.6 Å². The molecule has 2 aliphatic rings. The van der Waals surface area contributed by atoms with E-state index in [0.29, 0.717) is 22.7 Å². The predicted octanol–water partition coefficient (Wildman–Crippen LogP) is 10.5. The lowest BCUT2D eigenvalue weighted by Crippen LogP contribution is -1.91. The number of aromatic nitrogens is 4. The minimum absolute atomic E-state index is 0.0174. The van der Waals surface area contributed by atoms with Gasteiger partial charge in [0.05, 0.1) is 37.5 Å². The second kappa shape index (κ2) is 11.7. The monoisotopic (exact) mass is 677 g/mol. The molecule has 8 bridgehead atoms. The molecule has 0 aliphatic carbocycles. The van der Waals surface area contributed by atoms with Gasteiger partial charge in [0.1, 0.15) is 11.4 Å². The summed E-state index contributed by atoms with van der Waals surface area (Å²) in [6.45, 7) is 0. The Labute approximate surface area is 277 Å². The highest BCUT2D eigenvalue weighted by Crippen LogP contribution is 2.38. The van der Waals surface area contributed by atoms with Crippen molar-refractivity contribution in [2.24, 2.45) is 0 Å². The Bertz CT molecular complexity index is 2370. The number of fused-ring (bicyclic) bond motifs is 8. The summed E-state index contributed by atoms with van der Waals surface area (Å²) in [5.41, 5.74) is 10.1. The van der Waals surface area contributed by atoms with Gasteiger partial charge < -0.3 is 14.7 Å². The van der Waals surface area contributed by atoms with Crippen LogP contribution in [0.3, 0.4) is 0 Å². The summed E-state index contributed by atoms with van der Waals surface area (Å²) >= 11 is 3.83. The molecule has 9 heteroatoms. The molecule has 0 fully saturated rings. The normalized spacial score (nSPS) is 11.9. The Morgan fingerprint density at radius 2 is 1.06 bits per heavy atom. The summed E-state index contributed by atoms with van der Waals surface area (Å²) in [7, 11) is 0. The zero-order chi connectivity index (χ0) is 31.9. The molecule has 2 N–H and O–H groups in total. The van der Waals surface area contributed by atoms with Crippen molar-refractivity contribution in [3.05, 3.63) is 147 Å². The Morgan fingerprint density at radius 1 is 0.574 bits per heavy atom. The molecule has 3 aromatic heterocycles. The van der Waals surface area contributed by atoms with E-state index in [2.05, 4.69) is 50.2 Å². The van der Waals surface area contributed by atoms with E-state index in [0.717, 1.165) is 60.4 Å². The van der Waals surface area contributed by atoms with Crippen molar-refractivity contribution >= 4 is 68.0 Å². The summed E-state index contributed by atoms with van der Waals surface area (Å²) < 4.78 is 7.34. The number of benzene rings is 3. The first-order valence-electron chi connectivity index (χ1n) is 14.9. The van der Waals surface area contributed by atoms with Crippen LogP contribution in [-0.4, -0.2) is 24.9 Å². The zero-order valence-electron chi connectivity index (χ0n) is 24.6. The van der Waals surface area contributed by atoms with E-state index < -0.39 is 4.92 Å². The smallest absolute Gasteiger partial charge is 0.269 e. The number of ether oxygens (including phenoxy) is 1. The third kappa shape index (κ3) is 5.32. The number of hydrogen-bond acceptors (Lipinski definition) is 5. The molecule has 0 amide bonds. The van der Waals surface area contributed by atoms with Crippen LogP contribution in [0, 0.1) is 10.1 Å². The lowest BCUT2D eigenvalue weighted by Gasteiger charge is -2.07. The maximum Gasteiger partial charge on any atom is 0.269 e. The van der Waals surface area contributed by atoms with Crippen LogP contribution in [0.4, 0.5) is 5.69 Å². The molecule has 8 rings (SSSR count). The average Bonchev–Trinajstić information content (AvgIpc) is 3.93. The summed E-state index contributed by atoms with van der Waals surface area (Å²) in [5, 5.41) is 11.3. The van der Waals surface area contributed by atoms with E-state index in [9.17, 15) is 10.1 Å². The number of non-ortho nitro benzene ring substituents is 1. The van der Waals surface area contributed by atoms with Gasteiger partial charge in [-0.3, -0.25) is 10.1 Å². The number of hydrogen-bond donors (Lipinski definition) is 2. The highest BCUT2D eigenvalue weighted by Gasteiger charge is 2.18. The van der Waals surface area contributed by atoms with Gasteiger partial charge in [0, 0.05) is 34.3 Å². The van der Waals surface area contributed by atoms with Crippen molar-refractivity contribution in [1.29, 1.82) is 0 Å². The molecule has 0 radical (unpaired) electrons. The fourth-order valence-electron chi connectivity index (χ4n) is 5.82. The molecule has 0 saturated heterocycles. The van der Waals surface area contributed by atoms with E-state index in [1.807, 2.05) is 85.0 Å². The summed E-state index contributed by atoms with van der Waals surface area (Å²) in [6, 6.07) is 34.3. The lowest BCUT2D eigenvalue weighted by atomic mass is 10.0. The lowest BCUT2D eigenvalue weighted by molar-refractivity contribution is -0.384. The molecule has 3 aromatic carbocycles. The Kier molecular flexibility index (Phi) is 7.08. The van der Waals surface area contributed by atoms with Gasteiger partial charge in [0.25, 0.3) is 5.69 Å². The Balaban J connectivity index is 1.48. The fourth-order valence-corrected chi connectivity index (χ4v) is 6.28. The van der Waals surface area contributed by atoms with E-state index in [1.54, 1.807) is 12.1 Å². The number of nitro groups is 1. The molecule has 2 aliphatic heterocycles. The second-order valence-electron chi connectivity index (χ2n) is 11.0. The fraction of sp³-hybridized carbons (Fsp3) is 0. The van der Waals surface area contributed by atoms with E-state index in [1.165, 1.54) is 12.1 Å². The van der Waals surface area contributed by atoms with Gasteiger partial charge in [-0.05, 0) is 87.8 Å². The van der Waals surface area contributed by atoms with Crippen molar-refractivity contribution in [3.63, 3.8) is 0 Å². The number of H-pyrrole nitrogens is 2. The largest absolute Gasteiger partial charge is 0.453 e. The highest BCUT2D eigenvalue weighted by molar-refractivity contribution is 9.10. The zero-order valence-corrected chi connectivity index (χ0v) is 26.2. The molecular weight excluding hydrogens is 654 g/mol. The van der Waals surface area contributed by atoms with E-state index in [-0.39, 0.29) is 5.69 Å². The minimum Gasteiger partial charge on any atom is -0.453 e. The molecule has 226 valence electrons. The van der Waals surface area contributed by atoms with Crippen LogP contribution in [0.15, 0.2) is 114 Å². The number of nitro benzene ring substituents is 1. The van der Waals surface area contributed by atoms with E-state index >= 15 is 0 Å². The summed E-state index contributed by atoms with van der Waals surface area (Å²) in [4.78, 5) is 28.2. The third-order valence-electron chi connectivity index (χ3n) is 8.03. The Hall–Kier alpha value is -6.06. The third-order valence-corrected chi connectivity index (χ3v) is 8.87. The standard InChI is InChI=1S/C38H24BrN5O3/c39-37-31-19-15-27(40-31)35(23-7-3-1-4-8-23)29-17-21-33(42-29)38(47-26-13-11-25(12-14-26)44(45)46)34-22-18-30(43-34)36(24-9-5-2-6-10-24)28-16-20-32(37)41-28/h1-22,40,43H. The number of nitrogens with zero attached hydrogens (tertiary/aromatic N) is 3. The average molecular weight is 679 g/mol.